The monoisotopic (exact) mass is 118 g/mol. The summed E-state index contributed by atoms with van der Waals surface area (Å²) in [6.45, 7) is 0. The van der Waals surface area contributed by atoms with Gasteiger partial charge in [-0.1, -0.05) is 18.2 Å². The highest BCUT2D eigenvalue weighted by Crippen LogP contribution is 2.09. The van der Waals surface area contributed by atoms with Crippen molar-refractivity contribution < 1.29 is 1.37 Å². The van der Waals surface area contributed by atoms with Crippen molar-refractivity contribution in [1.82, 2.24) is 4.98 Å². The fourth-order valence-electron chi connectivity index (χ4n) is 0.934. The van der Waals surface area contributed by atoms with Gasteiger partial charge in [-0.2, -0.15) is 0 Å². The Morgan fingerprint density at radius 2 is 2.33 bits per heavy atom. The van der Waals surface area contributed by atoms with Crippen molar-refractivity contribution in [2.45, 2.75) is 0 Å². The normalized spacial score (nSPS) is 11.8. The third kappa shape index (κ3) is 0.617. The fraction of sp³-hybridized carbons (Fsp3) is 0. The summed E-state index contributed by atoms with van der Waals surface area (Å²) in [5.74, 6) is 0. The first-order chi connectivity index (χ1) is 4.86. The van der Waals surface area contributed by atoms with Gasteiger partial charge in [0.2, 0.25) is 0 Å². The molecule has 1 heteroatoms. The van der Waals surface area contributed by atoms with Crippen LogP contribution >= 0.6 is 0 Å². The van der Waals surface area contributed by atoms with Crippen molar-refractivity contribution in [2.24, 2.45) is 0 Å². The number of hydrogen-bond donors (Lipinski definition) is 1. The molecular formula is C8H7N. The van der Waals surface area contributed by atoms with Crippen molar-refractivity contribution in [2.75, 3.05) is 0 Å². The van der Waals surface area contributed by atoms with Crippen molar-refractivity contribution in [3.63, 3.8) is 0 Å². The van der Waals surface area contributed by atoms with Crippen LogP contribution < -0.4 is 0 Å². The first-order valence-corrected chi connectivity index (χ1v) is 2.90. The fourth-order valence-corrected chi connectivity index (χ4v) is 0.934. The highest BCUT2D eigenvalue weighted by Gasteiger charge is 1.86. The first kappa shape index (κ1) is 3.72. The molecule has 0 aliphatic carbocycles. The minimum atomic E-state index is 0.562. The molecule has 2 aromatic rings. The lowest BCUT2D eigenvalue weighted by Gasteiger charge is -1.83. The van der Waals surface area contributed by atoms with Gasteiger partial charge >= 0.3 is 0 Å². The second kappa shape index (κ2) is 1.62. The van der Waals surface area contributed by atoms with E-state index in [0.717, 1.165) is 10.9 Å². The van der Waals surface area contributed by atoms with Gasteiger partial charge in [0.05, 0.1) is 1.37 Å². The Morgan fingerprint density at radius 1 is 1.33 bits per heavy atom. The summed E-state index contributed by atoms with van der Waals surface area (Å²) in [6, 6.07) is 8.06. The van der Waals surface area contributed by atoms with Gasteiger partial charge in [-0.05, 0) is 17.5 Å². The van der Waals surface area contributed by atoms with Gasteiger partial charge < -0.3 is 4.98 Å². The van der Waals surface area contributed by atoms with Gasteiger partial charge in [-0.3, -0.25) is 0 Å². The zero-order valence-corrected chi connectivity index (χ0v) is 4.89. The number of H-pyrrole nitrogens is 1. The van der Waals surface area contributed by atoms with Crippen molar-refractivity contribution in [3.05, 3.63) is 36.5 Å². The zero-order chi connectivity index (χ0) is 6.97. The number of nitrogens with one attached hydrogen (secondary N) is 1. The van der Waals surface area contributed by atoms with E-state index < -0.39 is 0 Å². The SMILES string of the molecule is [2H]c1ccc2[nH]ccc2c1. The van der Waals surface area contributed by atoms with E-state index >= 15 is 0 Å². The summed E-state index contributed by atoms with van der Waals surface area (Å²) >= 11 is 0. The number of fused-ring (bicyclic) bond motifs is 1. The molecule has 2 rings (SSSR count). The Hall–Kier alpha value is -1.24. The lowest BCUT2D eigenvalue weighted by Crippen LogP contribution is -1.61. The van der Waals surface area contributed by atoms with Crippen LogP contribution in [0.5, 0.6) is 0 Å². The molecule has 0 unspecified atom stereocenters. The van der Waals surface area contributed by atoms with Crippen LogP contribution in [0.3, 0.4) is 0 Å². The Balaban J connectivity index is 2.86. The number of hydrogen-bond acceptors (Lipinski definition) is 0. The maximum absolute atomic E-state index is 7.30. The van der Waals surface area contributed by atoms with Crippen molar-refractivity contribution >= 4 is 10.9 Å². The van der Waals surface area contributed by atoms with E-state index in [0.29, 0.717) is 6.04 Å². The van der Waals surface area contributed by atoms with Gasteiger partial charge in [0, 0.05) is 11.7 Å². The second-order valence-corrected chi connectivity index (χ2v) is 1.99. The largest absolute Gasteiger partial charge is 0.361 e. The summed E-state index contributed by atoms with van der Waals surface area (Å²) in [4.78, 5) is 3.06. The van der Waals surface area contributed by atoms with E-state index in [-0.39, 0.29) is 0 Å². The number of para-hydroxylation sites is 1. The molecular weight excluding hydrogens is 110 g/mol. The minimum absolute atomic E-state index is 0.562. The molecule has 9 heavy (non-hydrogen) atoms. The lowest BCUT2D eigenvalue weighted by molar-refractivity contribution is 1.48. The van der Waals surface area contributed by atoms with Crippen LogP contribution in [0.25, 0.3) is 10.9 Å². The van der Waals surface area contributed by atoms with Gasteiger partial charge in [0.25, 0.3) is 0 Å². The molecule has 0 amide bonds. The highest BCUT2D eigenvalue weighted by molar-refractivity contribution is 5.78. The van der Waals surface area contributed by atoms with E-state index in [1.54, 1.807) is 6.07 Å². The van der Waals surface area contributed by atoms with E-state index in [1.165, 1.54) is 0 Å². The smallest absolute Gasteiger partial charge is 0.0623 e. The summed E-state index contributed by atoms with van der Waals surface area (Å²) in [5.41, 5.74) is 1.09. The molecule has 1 aromatic carbocycles. The van der Waals surface area contributed by atoms with Crippen LogP contribution in [-0.4, -0.2) is 4.98 Å². The van der Waals surface area contributed by atoms with Crippen LogP contribution in [0.2, 0.25) is 0 Å². The first-order valence-electron chi connectivity index (χ1n) is 3.40. The maximum atomic E-state index is 7.30. The molecule has 0 aliphatic rings. The topological polar surface area (TPSA) is 15.8 Å². The molecule has 0 fully saturated rings. The van der Waals surface area contributed by atoms with Crippen LogP contribution in [0.1, 0.15) is 1.37 Å². The average molecular weight is 118 g/mol. The molecule has 0 radical (unpaired) electrons. The molecule has 0 bridgehead atoms. The standard InChI is InChI=1S/C8H7N/c1-2-4-8-7(3-1)5-6-9-8/h1-6,9H/i1D. The number of rotatable bonds is 0. The second-order valence-electron chi connectivity index (χ2n) is 1.99. The maximum Gasteiger partial charge on any atom is 0.0623 e. The summed E-state index contributed by atoms with van der Waals surface area (Å²) < 4.78 is 7.30. The van der Waals surface area contributed by atoms with Crippen molar-refractivity contribution in [1.29, 1.82) is 0 Å². The minimum Gasteiger partial charge on any atom is -0.361 e. The molecule has 0 spiro atoms. The molecule has 0 aliphatic heterocycles. The van der Waals surface area contributed by atoms with Gasteiger partial charge in [0.1, 0.15) is 0 Å². The van der Waals surface area contributed by atoms with Gasteiger partial charge in [-0.25, -0.2) is 0 Å². The molecule has 1 aromatic heterocycles. The van der Waals surface area contributed by atoms with E-state index in [2.05, 4.69) is 4.98 Å². The van der Waals surface area contributed by atoms with Crippen LogP contribution in [-0.2, 0) is 0 Å². The van der Waals surface area contributed by atoms with Gasteiger partial charge in [0.15, 0.2) is 0 Å². The highest BCUT2D eigenvalue weighted by atomic mass is 14.6. The van der Waals surface area contributed by atoms with E-state index in [9.17, 15) is 0 Å². The summed E-state index contributed by atoms with van der Waals surface area (Å²) in [5, 5.41) is 1.10. The number of aromatic amines is 1. The van der Waals surface area contributed by atoms with Crippen LogP contribution in [0.15, 0.2) is 36.5 Å². The third-order valence-corrected chi connectivity index (χ3v) is 1.40. The Kier molecular flexibility index (Phi) is 0.671. The molecule has 0 saturated heterocycles. The van der Waals surface area contributed by atoms with E-state index in [4.69, 9.17) is 1.37 Å². The quantitative estimate of drug-likeness (QED) is 0.545. The Bertz CT molecular complexity index is 351. The predicted octanol–water partition coefficient (Wildman–Crippen LogP) is 2.17. The summed E-state index contributed by atoms with van der Waals surface area (Å²) in [6.07, 6.45) is 1.88. The van der Waals surface area contributed by atoms with Crippen molar-refractivity contribution in [3.8, 4) is 0 Å². The average Bonchev–Trinajstić information content (AvgIpc) is 2.33. The lowest BCUT2D eigenvalue weighted by atomic mass is 10.3. The van der Waals surface area contributed by atoms with Crippen LogP contribution in [0, 0.1) is 0 Å². The number of benzene rings is 1. The summed E-state index contributed by atoms with van der Waals surface area (Å²) in [7, 11) is 0. The molecule has 1 heterocycles. The molecule has 1 nitrogen and oxygen atoms in total. The Labute approximate surface area is 54.7 Å². The molecule has 0 saturated carbocycles. The Morgan fingerprint density at radius 3 is 3.33 bits per heavy atom. The predicted molar refractivity (Wildman–Crippen MR) is 38.3 cm³/mol. The third-order valence-electron chi connectivity index (χ3n) is 1.40. The molecule has 0 atom stereocenters. The molecule has 1 N–H and O–H groups in total. The number of aromatic nitrogens is 1. The van der Waals surface area contributed by atoms with E-state index in [1.807, 2.05) is 24.4 Å². The zero-order valence-electron chi connectivity index (χ0n) is 5.89. The molecule has 44 valence electrons. The van der Waals surface area contributed by atoms with Crippen LogP contribution in [0.4, 0.5) is 0 Å². The van der Waals surface area contributed by atoms with Gasteiger partial charge in [-0.15, -0.1) is 0 Å².